The van der Waals surface area contributed by atoms with Crippen LogP contribution in [0.5, 0.6) is 0 Å². The van der Waals surface area contributed by atoms with Gasteiger partial charge in [-0.1, -0.05) is 0 Å². The van der Waals surface area contributed by atoms with Crippen molar-refractivity contribution in [2.45, 2.75) is 0 Å². The molecule has 2 rings (SSSR count). The van der Waals surface area contributed by atoms with E-state index in [1.165, 1.54) is 4.57 Å². The predicted octanol–water partition coefficient (Wildman–Crippen LogP) is 0.843. The van der Waals surface area contributed by atoms with E-state index < -0.39 is 0 Å². The van der Waals surface area contributed by atoms with E-state index in [0.717, 1.165) is 0 Å². The summed E-state index contributed by atoms with van der Waals surface area (Å²) < 4.78 is 3.68. The van der Waals surface area contributed by atoms with Crippen LogP contribution in [0, 0.1) is 4.77 Å². The van der Waals surface area contributed by atoms with Gasteiger partial charge in [0.2, 0.25) is 0 Å². The van der Waals surface area contributed by atoms with Crippen LogP contribution in [0.3, 0.4) is 0 Å². The molecule has 15 heavy (non-hydrogen) atoms. The highest BCUT2D eigenvalue weighted by atomic mass is 32.1. The minimum atomic E-state index is -0.0883. The summed E-state index contributed by atoms with van der Waals surface area (Å²) in [5.74, 6) is 0.557. The van der Waals surface area contributed by atoms with Crippen LogP contribution in [0.4, 0.5) is 0 Å². The van der Waals surface area contributed by atoms with Gasteiger partial charge in [-0.15, -0.1) is 0 Å². The third-order valence-electron chi connectivity index (χ3n) is 2.24. The summed E-state index contributed by atoms with van der Waals surface area (Å²) in [6.07, 6.45) is 1.70. The van der Waals surface area contributed by atoms with Crippen molar-refractivity contribution < 1.29 is 0 Å². The molecule has 0 aliphatic heterocycles. The maximum absolute atomic E-state index is 11.8. The summed E-state index contributed by atoms with van der Waals surface area (Å²) in [6.45, 7) is 0. The van der Waals surface area contributed by atoms with Crippen LogP contribution in [0.15, 0.2) is 23.1 Å². The number of H-pyrrole nitrogens is 1. The van der Waals surface area contributed by atoms with E-state index in [4.69, 9.17) is 12.2 Å². The van der Waals surface area contributed by atoms with Gasteiger partial charge in [0.1, 0.15) is 0 Å². The second-order valence-electron chi connectivity index (χ2n) is 3.25. The molecule has 0 unspecified atom stereocenters. The third kappa shape index (κ3) is 1.52. The first-order valence-electron chi connectivity index (χ1n) is 4.38. The second kappa shape index (κ2) is 3.47. The van der Waals surface area contributed by atoms with E-state index in [1.807, 2.05) is 0 Å². The molecule has 0 saturated carbocycles. The van der Waals surface area contributed by atoms with Crippen LogP contribution in [0.2, 0.25) is 0 Å². The molecule has 78 valence electrons. The molecular formula is C9H10N4OS. The van der Waals surface area contributed by atoms with Crippen molar-refractivity contribution in [3.63, 3.8) is 0 Å². The number of hydrogen-bond acceptors (Lipinski definition) is 3. The summed E-state index contributed by atoms with van der Waals surface area (Å²) >= 11 is 4.99. The Morgan fingerprint density at radius 2 is 2.20 bits per heavy atom. The van der Waals surface area contributed by atoms with Gasteiger partial charge in [-0.05, 0) is 24.4 Å². The Morgan fingerprint density at radius 1 is 1.47 bits per heavy atom. The van der Waals surface area contributed by atoms with E-state index in [0.29, 0.717) is 16.2 Å². The quantitative estimate of drug-likeness (QED) is 0.727. The Labute approximate surface area is 91.0 Å². The molecule has 0 amide bonds. The number of rotatable bonds is 1. The van der Waals surface area contributed by atoms with Crippen molar-refractivity contribution in [2.24, 2.45) is 14.1 Å². The number of hydrogen-bond donors (Lipinski definition) is 1. The van der Waals surface area contributed by atoms with Crippen LogP contribution in [-0.4, -0.2) is 19.3 Å². The number of nitrogens with zero attached hydrogens (tertiary/aromatic N) is 3. The average molecular weight is 222 g/mol. The zero-order valence-electron chi connectivity index (χ0n) is 8.39. The average Bonchev–Trinajstić information content (AvgIpc) is 2.53. The van der Waals surface area contributed by atoms with E-state index in [2.05, 4.69) is 10.2 Å². The summed E-state index contributed by atoms with van der Waals surface area (Å²) in [5, 5.41) is 6.67. The lowest BCUT2D eigenvalue weighted by Gasteiger charge is -2.01. The Balaban J connectivity index is 2.75. The van der Waals surface area contributed by atoms with Crippen molar-refractivity contribution in [2.75, 3.05) is 0 Å². The van der Waals surface area contributed by atoms with Crippen LogP contribution in [0.25, 0.3) is 11.4 Å². The van der Waals surface area contributed by atoms with E-state index in [-0.39, 0.29) is 5.56 Å². The van der Waals surface area contributed by atoms with Gasteiger partial charge in [0, 0.05) is 20.3 Å². The first-order valence-corrected chi connectivity index (χ1v) is 4.79. The fourth-order valence-corrected chi connectivity index (χ4v) is 1.49. The topological polar surface area (TPSA) is 55.6 Å². The second-order valence-corrected chi connectivity index (χ2v) is 3.64. The normalized spacial score (nSPS) is 10.5. The minimum Gasteiger partial charge on any atom is -0.318 e. The van der Waals surface area contributed by atoms with Crippen molar-refractivity contribution in [3.05, 3.63) is 33.5 Å². The standard InChI is InChI=1S/C9H10N4OS/c1-12-5-3-4-6(8(12)14)7-10-11-9(15)13(7)2/h3-5H,1-2H3,(H,11,15). The maximum Gasteiger partial charge on any atom is 0.261 e. The number of nitrogens with one attached hydrogen (secondary N) is 1. The lowest BCUT2D eigenvalue weighted by Crippen LogP contribution is -2.18. The zero-order valence-corrected chi connectivity index (χ0v) is 9.21. The molecule has 1 N–H and O–H groups in total. The molecule has 2 heterocycles. The lowest BCUT2D eigenvalue weighted by atomic mass is 10.2. The maximum atomic E-state index is 11.8. The SMILES string of the molecule is Cn1cccc(-c2n[nH]c(=S)n2C)c1=O. The largest absolute Gasteiger partial charge is 0.318 e. The summed E-state index contributed by atoms with van der Waals surface area (Å²) in [4.78, 5) is 11.8. The van der Waals surface area contributed by atoms with Gasteiger partial charge in [-0.3, -0.25) is 9.89 Å². The first kappa shape index (κ1) is 9.85. The third-order valence-corrected chi connectivity index (χ3v) is 2.61. The number of pyridine rings is 1. The molecule has 0 radical (unpaired) electrons. The van der Waals surface area contributed by atoms with Gasteiger partial charge >= 0.3 is 0 Å². The Morgan fingerprint density at radius 3 is 2.80 bits per heavy atom. The van der Waals surface area contributed by atoms with Crippen molar-refractivity contribution in [1.82, 2.24) is 19.3 Å². The molecule has 0 atom stereocenters. The lowest BCUT2D eigenvalue weighted by molar-refractivity contribution is 0.849. The highest BCUT2D eigenvalue weighted by molar-refractivity contribution is 7.71. The Bertz CT molecular complexity index is 607. The molecule has 0 aromatic carbocycles. The molecule has 5 nitrogen and oxygen atoms in total. The fraction of sp³-hybridized carbons (Fsp3) is 0.222. The molecule has 2 aromatic rings. The van der Waals surface area contributed by atoms with Gasteiger partial charge < -0.3 is 9.13 Å². The number of aryl methyl sites for hydroxylation is 1. The first-order chi connectivity index (χ1) is 7.11. The van der Waals surface area contributed by atoms with Crippen molar-refractivity contribution >= 4 is 12.2 Å². The molecule has 0 fully saturated rings. The van der Waals surface area contributed by atoms with Gasteiger partial charge in [0.25, 0.3) is 5.56 Å². The molecule has 0 aliphatic carbocycles. The van der Waals surface area contributed by atoms with Gasteiger partial charge in [-0.2, -0.15) is 5.10 Å². The molecular weight excluding hydrogens is 212 g/mol. The van der Waals surface area contributed by atoms with Crippen LogP contribution < -0.4 is 5.56 Å². The van der Waals surface area contributed by atoms with Gasteiger partial charge in [0.15, 0.2) is 10.6 Å². The molecule has 0 aliphatic rings. The zero-order chi connectivity index (χ0) is 11.0. The molecule has 6 heteroatoms. The fourth-order valence-electron chi connectivity index (χ4n) is 1.36. The summed E-state index contributed by atoms with van der Waals surface area (Å²) in [5.41, 5.74) is 0.449. The number of aromatic amines is 1. The Hall–Kier alpha value is -1.69. The Kier molecular flexibility index (Phi) is 2.28. The highest BCUT2D eigenvalue weighted by Crippen LogP contribution is 2.10. The molecule has 2 aromatic heterocycles. The van der Waals surface area contributed by atoms with Gasteiger partial charge in [0.05, 0.1) is 5.56 Å². The monoisotopic (exact) mass is 222 g/mol. The predicted molar refractivity (Wildman–Crippen MR) is 59.1 cm³/mol. The molecule has 0 saturated heterocycles. The van der Waals surface area contributed by atoms with Gasteiger partial charge in [-0.25, -0.2) is 0 Å². The highest BCUT2D eigenvalue weighted by Gasteiger charge is 2.09. The van der Waals surface area contributed by atoms with E-state index in [9.17, 15) is 4.79 Å². The minimum absolute atomic E-state index is 0.0883. The van der Waals surface area contributed by atoms with E-state index >= 15 is 0 Å². The summed E-state index contributed by atoms with van der Waals surface area (Å²) in [7, 11) is 3.47. The summed E-state index contributed by atoms with van der Waals surface area (Å²) in [6, 6.07) is 3.53. The molecule has 0 spiro atoms. The van der Waals surface area contributed by atoms with E-state index in [1.54, 1.807) is 37.0 Å². The van der Waals surface area contributed by atoms with Crippen molar-refractivity contribution in [3.8, 4) is 11.4 Å². The van der Waals surface area contributed by atoms with Crippen LogP contribution in [-0.2, 0) is 14.1 Å². The smallest absolute Gasteiger partial charge is 0.261 e. The molecule has 0 bridgehead atoms. The van der Waals surface area contributed by atoms with Crippen LogP contribution in [0.1, 0.15) is 0 Å². The number of aromatic nitrogens is 4. The van der Waals surface area contributed by atoms with Crippen molar-refractivity contribution in [1.29, 1.82) is 0 Å². The van der Waals surface area contributed by atoms with Crippen LogP contribution >= 0.6 is 12.2 Å².